The SMILES string of the molecule is NC1COc2c(S(=O)(=O)NC(=O)Nc3cc4c(c5c3CCC5)CCC4)cnn2C1. The van der Waals surface area contributed by atoms with E-state index in [-0.39, 0.29) is 23.4 Å². The summed E-state index contributed by atoms with van der Waals surface area (Å²) in [6, 6.07) is 0.964. The molecule has 0 saturated carbocycles. The van der Waals surface area contributed by atoms with Crippen LogP contribution in [0.15, 0.2) is 17.2 Å². The Kier molecular flexibility index (Phi) is 4.28. The highest BCUT2D eigenvalue weighted by atomic mass is 32.2. The fraction of sp³-hybridized carbons (Fsp3) is 0.474. The molecule has 29 heavy (non-hydrogen) atoms. The molecule has 1 aromatic heterocycles. The van der Waals surface area contributed by atoms with E-state index in [2.05, 4.69) is 15.1 Å². The second-order valence-corrected chi connectivity index (χ2v) is 9.50. The molecule has 2 heterocycles. The summed E-state index contributed by atoms with van der Waals surface area (Å²) in [5.41, 5.74) is 11.7. The quantitative estimate of drug-likeness (QED) is 0.686. The van der Waals surface area contributed by atoms with Crippen molar-refractivity contribution < 1.29 is 17.9 Å². The Balaban J connectivity index is 1.37. The molecule has 154 valence electrons. The molecule has 1 aromatic carbocycles. The van der Waals surface area contributed by atoms with Crippen LogP contribution in [0.4, 0.5) is 10.5 Å². The van der Waals surface area contributed by atoms with Crippen molar-refractivity contribution in [3.63, 3.8) is 0 Å². The lowest BCUT2D eigenvalue weighted by molar-refractivity contribution is 0.200. The molecular formula is C19H23N5O4S. The van der Waals surface area contributed by atoms with Gasteiger partial charge in [-0.15, -0.1) is 0 Å². The van der Waals surface area contributed by atoms with Crippen molar-refractivity contribution in [3.8, 4) is 5.88 Å². The third-order valence-corrected chi connectivity index (χ3v) is 7.17. The second-order valence-electron chi connectivity index (χ2n) is 7.85. The Labute approximate surface area is 168 Å². The molecule has 4 N–H and O–H groups in total. The zero-order chi connectivity index (χ0) is 20.2. The van der Waals surface area contributed by atoms with E-state index < -0.39 is 16.1 Å². The van der Waals surface area contributed by atoms with Gasteiger partial charge in [0.25, 0.3) is 10.0 Å². The molecule has 0 radical (unpaired) electrons. The van der Waals surface area contributed by atoms with Crippen LogP contribution < -0.4 is 20.5 Å². The van der Waals surface area contributed by atoms with Gasteiger partial charge in [0.05, 0.1) is 18.8 Å². The number of ether oxygens (including phenoxy) is 1. The molecule has 5 rings (SSSR count). The Bertz CT molecular complexity index is 1110. The first-order chi connectivity index (χ1) is 13.9. The lowest BCUT2D eigenvalue weighted by Gasteiger charge is -2.21. The Morgan fingerprint density at radius 3 is 2.79 bits per heavy atom. The van der Waals surface area contributed by atoms with Crippen LogP contribution in [0.1, 0.15) is 35.1 Å². The summed E-state index contributed by atoms with van der Waals surface area (Å²) in [6.07, 6.45) is 7.38. The first kappa shape index (κ1) is 18.4. The van der Waals surface area contributed by atoms with Gasteiger partial charge in [0, 0.05) is 5.69 Å². The maximum atomic E-state index is 12.7. The number of nitrogens with two attached hydrogens (primary N) is 1. The number of nitrogens with one attached hydrogen (secondary N) is 2. The van der Waals surface area contributed by atoms with Gasteiger partial charge >= 0.3 is 6.03 Å². The van der Waals surface area contributed by atoms with Crippen molar-refractivity contribution in [1.29, 1.82) is 0 Å². The summed E-state index contributed by atoms with van der Waals surface area (Å²) in [6.45, 7) is 0.556. The van der Waals surface area contributed by atoms with Crippen LogP contribution in [-0.4, -0.2) is 36.9 Å². The molecule has 3 aliphatic rings. The molecule has 0 bridgehead atoms. The van der Waals surface area contributed by atoms with Crippen LogP contribution in [-0.2, 0) is 42.3 Å². The summed E-state index contributed by atoms with van der Waals surface area (Å²) in [4.78, 5) is 12.4. The monoisotopic (exact) mass is 417 g/mol. The van der Waals surface area contributed by atoms with Gasteiger partial charge in [0.2, 0.25) is 5.88 Å². The summed E-state index contributed by atoms with van der Waals surface area (Å²) >= 11 is 0. The zero-order valence-corrected chi connectivity index (χ0v) is 16.7. The molecule has 2 amide bonds. The van der Waals surface area contributed by atoms with E-state index in [4.69, 9.17) is 10.5 Å². The molecule has 0 spiro atoms. The van der Waals surface area contributed by atoms with E-state index in [1.54, 1.807) is 0 Å². The first-order valence-electron chi connectivity index (χ1n) is 9.87. The smallest absolute Gasteiger partial charge is 0.333 e. The number of urea groups is 1. The minimum atomic E-state index is -4.13. The predicted octanol–water partition coefficient (Wildman–Crippen LogP) is 1.09. The van der Waals surface area contributed by atoms with Crippen molar-refractivity contribution in [2.24, 2.45) is 5.73 Å². The third-order valence-electron chi connectivity index (χ3n) is 5.85. The summed E-state index contributed by atoms with van der Waals surface area (Å²) in [7, 11) is -4.13. The number of hydrogen-bond acceptors (Lipinski definition) is 6. The maximum Gasteiger partial charge on any atom is 0.333 e. The van der Waals surface area contributed by atoms with Gasteiger partial charge in [-0.25, -0.2) is 22.6 Å². The van der Waals surface area contributed by atoms with Crippen molar-refractivity contribution in [2.75, 3.05) is 11.9 Å². The number of aromatic nitrogens is 2. The molecule has 10 heteroatoms. The minimum Gasteiger partial charge on any atom is -0.475 e. The number of sulfonamides is 1. The van der Waals surface area contributed by atoms with Crippen molar-refractivity contribution in [1.82, 2.24) is 14.5 Å². The number of carbonyl (C=O) groups excluding carboxylic acids is 1. The molecule has 0 saturated heterocycles. The maximum absolute atomic E-state index is 12.7. The zero-order valence-electron chi connectivity index (χ0n) is 15.9. The largest absolute Gasteiger partial charge is 0.475 e. The van der Waals surface area contributed by atoms with E-state index in [9.17, 15) is 13.2 Å². The average Bonchev–Trinajstić information content (AvgIpc) is 3.39. The van der Waals surface area contributed by atoms with Gasteiger partial charge in [0.15, 0.2) is 4.90 Å². The summed E-state index contributed by atoms with van der Waals surface area (Å²) in [5.74, 6) is 0.102. The number of amides is 2. The Morgan fingerprint density at radius 2 is 1.93 bits per heavy atom. The van der Waals surface area contributed by atoms with Gasteiger partial charge in [-0.05, 0) is 66.8 Å². The minimum absolute atomic E-state index is 0.102. The van der Waals surface area contributed by atoms with Crippen LogP contribution in [0.3, 0.4) is 0 Å². The normalized spacial score (nSPS) is 19.8. The first-order valence-corrected chi connectivity index (χ1v) is 11.3. The highest BCUT2D eigenvalue weighted by Crippen LogP contribution is 2.38. The third kappa shape index (κ3) is 3.16. The fourth-order valence-electron chi connectivity index (χ4n) is 4.62. The molecule has 2 aliphatic carbocycles. The fourth-order valence-corrected chi connectivity index (χ4v) is 5.61. The highest BCUT2D eigenvalue weighted by molar-refractivity contribution is 7.90. The van der Waals surface area contributed by atoms with Crippen molar-refractivity contribution >= 4 is 21.7 Å². The van der Waals surface area contributed by atoms with E-state index in [0.717, 1.165) is 44.1 Å². The van der Waals surface area contributed by atoms with Crippen LogP contribution in [0.2, 0.25) is 0 Å². The predicted molar refractivity (Wildman–Crippen MR) is 106 cm³/mol. The molecule has 1 atom stereocenters. The number of carbonyl (C=O) groups is 1. The average molecular weight is 417 g/mol. The lowest BCUT2D eigenvalue weighted by atomic mass is 9.98. The van der Waals surface area contributed by atoms with Crippen LogP contribution in [0.5, 0.6) is 5.88 Å². The van der Waals surface area contributed by atoms with Gasteiger partial charge in [-0.3, -0.25) is 0 Å². The Hall–Kier alpha value is -2.59. The Morgan fingerprint density at radius 1 is 1.17 bits per heavy atom. The molecule has 1 aliphatic heterocycles. The number of nitrogens with zero attached hydrogens (tertiary/aromatic N) is 2. The van der Waals surface area contributed by atoms with E-state index in [1.807, 2.05) is 6.07 Å². The topological polar surface area (TPSA) is 128 Å². The number of benzene rings is 1. The number of aryl methyl sites for hydroxylation is 1. The summed E-state index contributed by atoms with van der Waals surface area (Å²) in [5, 5.41) is 6.77. The van der Waals surface area contributed by atoms with E-state index in [1.165, 1.54) is 27.6 Å². The number of anilines is 1. The van der Waals surface area contributed by atoms with Gasteiger partial charge in [0.1, 0.15) is 6.61 Å². The molecule has 9 nitrogen and oxygen atoms in total. The van der Waals surface area contributed by atoms with Crippen LogP contribution in [0, 0.1) is 0 Å². The van der Waals surface area contributed by atoms with Crippen molar-refractivity contribution in [2.45, 2.75) is 56.0 Å². The lowest BCUT2D eigenvalue weighted by Crippen LogP contribution is -2.38. The molecule has 0 fully saturated rings. The standard InChI is InChI=1S/C19H23N5O4S/c20-12-9-24-18(28-10-12)17(8-21-24)29(26,27)23-19(25)22-16-7-11-3-1-4-13(11)14-5-2-6-15(14)16/h7-8,12H,1-6,9-10,20H2,(H2,22,23,25). The van der Waals surface area contributed by atoms with Gasteiger partial charge in [-0.2, -0.15) is 5.10 Å². The number of hydrogen-bond donors (Lipinski definition) is 3. The van der Waals surface area contributed by atoms with Crippen LogP contribution in [0.25, 0.3) is 0 Å². The molecule has 1 unspecified atom stereocenters. The number of fused-ring (bicyclic) bond motifs is 4. The van der Waals surface area contributed by atoms with Crippen molar-refractivity contribution in [3.05, 3.63) is 34.5 Å². The van der Waals surface area contributed by atoms with Gasteiger partial charge < -0.3 is 15.8 Å². The van der Waals surface area contributed by atoms with Crippen LogP contribution >= 0.6 is 0 Å². The number of rotatable bonds is 3. The van der Waals surface area contributed by atoms with E-state index >= 15 is 0 Å². The second kappa shape index (κ2) is 6.74. The van der Waals surface area contributed by atoms with E-state index in [0.29, 0.717) is 12.2 Å². The molecule has 2 aromatic rings. The van der Waals surface area contributed by atoms with Gasteiger partial charge in [-0.1, -0.05) is 0 Å². The summed E-state index contributed by atoms with van der Waals surface area (Å²) < 4.78 is 34.4. The molecular weight excluding hydrogens is 394 g/mol. The highest BCUT2D eigenvalue weighted by Gasteiger charge is 2.31.